The lowest BCUT2D eigenvalue weighted by Gasteiger charge is -2.43. The molecule has 124 valence electrons. The van der Waals surface area contributed by atoms with Crippen LogP contribution in [-0.4, -0.2) is 49.4 Å². The zero-order chi connectivity index (χ0) is 16.3. The first-order chi connectivity index (χ1) is 10.4. The SMILES string of the molecule is CC(=O)SCC(C)C(=O)N1[C@H](C(=O)O)CSC12CCCCC2. The van der Waals surface area contributed by atoms with Gasteiger partial charge in [0, 0.05) is 24.3 Å². The third kappa shape index (κ3) is 3.62. The predicted octanol–water partition coefficient (Wildman–Crippen LogP) is 2.59. The first-order valence-corrected chi connectivity index (χ1v) is 9.68. The Balaban J connectivity index is 2.18. The number of hydrogen-bond acceptors (Lipinski definition) is 5. The Morgan fingerprint density at radius 2 is 1.95 bits per heavy atom. The molecule has 5 nitrogen and oxygen atoms in total. The molecule has 1 N–H and O–H groups in total. The lowest BCUT2D eigenvalue weighted by atomic mass is 9.91. The molecule has 0 bridgehead atoms. The van der Waals surface area contributed by atoms with E-state index in [0.29, 0.717) is 11.5 Å². The van der Waals surface area contributed by atoms with E-state index in [9.17, 15) is 19.5 Å². The molecular formula is C15H23NO4S2. The number of carboxylic acids is 1. The lowest BCUT2D eigenvalue weighted by Crippen LogP contribution is -2.55. The van der Waals surface area contributed by atoms with Gasteiger partial charge in [-0.2, -0.15) is 0 Å². The van der Waals surface area contributed by atoms with E-state index in [-0.39, 0.29) is 21.8 Å². The summed E-state index contributed by atoms with van der Waals surface area (Å²) in [6.07, 6.45) is 4.98. The molecule has 0 aromatic heterocycles. The van der Waals surface area contributed by atoms with Crippen LogP contribution in [0.25, 0.3) is 0 Å². The summed E-state index contributed by atoms with van der Waals surface area (Å²) in [6.45, 7) is 3.27. The molecule has 2 atom stereocenters. The van der Waals surface area contributed by atoms with Crippen molar-refractivity contribution in [2.45, 2.75) is 56.9 Å². The molecule has 1 heterocycles. The molecular weight excluding hydrogens is 322 g/mol. The van der Waals surface area contributed by atoms with Gasteiger partial charge in [0.05, 0.1) is 4.87 Å². The van der Waals surface area contributed by atoms with Crippen molar-refractivity contribution in [3.63, 3.8) is 0 Å². The summed E-state index contributed by atoms with van der Waals surface area (Å²) < 4.78 is 0. The van der Waals surface area contributed by atoms with Crippen molar-refractivity contribution in [1.82, 2.24) is 4.90 Å². The summed E-state index contributed by atoms with van der Waals surface area (Å²) >= 11 is 2.76. The highest BCUT2D eigenvalue weighted by Crippen LogP contribution is 2.49. The Morgan fingerprint density at radius 1 is 1.32 bits per heavy atom. The topological polar surface area (TPSA) is 74.7 Å². The van der Waals surface area contributed by atoms with Crippen molar-refractivity contribution in [3.8, 4) is 0 Å². The third-order valence-corrected chi connectivity index (χ3v) is 7.07. The molecule has 0 aromatic carbocycles. The molecule has 1 saturated carbocycles. The molecule has 1 spiro atoms. The Bertz CT molecular complexity index is 462. The third-order valence-electron chi connectivity index (χ3n) is 4.38. The van der Waals surface area contributed by atoms with E-state index in [1.165, 1.54) is 6.92 Å². The largest absolute Gasteiger partial charge is 0.480 e. The quantitative estimate of drug-likeness (QED) is 0.844. The Labute approximate surface area is 139 Å². The average Bonchev–Trinajstić information content (AvgIpc) is 2.83. The Kier molecular flexibility index (Phi) is 5.82. The molecule has 1 aliphatic carbocycles. The van der Waals surface area contributed by atoms with Crippen LogP contribution in [-0.2, 0) is 14.4 Å². The standard InChI is InChI=1S/C15H23NO4S2/c1-10(8-21-11(2)17)13(18)16-12(14(19)20)9-22-15(16)6-4-3-5-7-15/h10,12H,3-9H2,1-2H3,(H,19,20)/t10?,12-/m0/s1. The smallest absolute Gasteiger partial charge is 0.327 e. The Morgan fingerprint density at radius 3 is 2.50 bits per heavy atom. The van der Waals surface area contributed by atoms with Crippen LogP contribution >= 0.6 is 23.5 Å². The van der Waals surface area contributed by atoms with Crippen LogP contribution in [0.15, 0.2) is 0 Å². The first-order valence-electron chi connectivity index (χ1n) is 7.71. The zero-order valence-electron chi connectivity index (χ0n) is 13.0. The van der Waals surface area contributed by atoms with Crippen molar-refractivity contribution >= 4 is 40.5 Å². The van der Waals surface area contributed by atoms with Crippen LogP contribution in [0.2, 0.25) is 0 Å². The van der Waals surface area contributed by atoms with E-state index in [0.717, 1.165) is 43.9 Å². The van der Waals surface area contributed by atoms with Crippen LogP contribution in [0, 0.1) is 5.92 Å². The minimum absolute atomic E-state index is 0.0161. The summed E-state index contributed by atoms with van der Waals surface area (Å²) in [5.41, 5.74) is 0. The molecule has 7 heteroatoms. The van der Waals surface area contributed by atoms with Gasteiger partial charge < -0.3 is 10.0 Å². The van der Waals surface area contributed by atoms with E-state index >= 15 is 0 Å². The van der Waals surface area contributed by atoms with Gasteiger partial charge in [-0.3, -0.25) is 9.59 Å². The van der Waals surface area contributed by atoms with Gasteiger partial charge in [-0.1, -0.05) is 37.9 Å². The second-order valence-electron chi connectivity index (χ2n) is 6.08. The van der Waals surface area contributed by atoms with Crippen LogP contribution in [0.5, 0.6) is 0 Å². The highest BCUT2D eigenvalue weighted by molar-refractivity contribution is 8.13. The fraction of sp³-hybridized carbons (Fsp3) is 0.800. The lowest BCUT2D eigenvalue weighted by molar-refractivity contribution is -0.153. The number of nitrogens with zero attached hydrogens (tertiary/aromatic N) is 1. The normalized spacial score (nSPS) is 25.2. The molecule has 1 saturated heterocycles. The maximum atomic E-state index is 12.9. The second-order valence-corrected chi connectivity index (χ2v) is 8.66. The summed E-state index contributed by atoms with van der Waals surface area (Å²) in [4.78, 5) is 36.8. The molecule has 0 radical (unpaired) electrons. The van der Waals surface area contributed by atoms with Crippen molar-refractivity contribution in [2.24, 2.45) is 5.92 Å². The van der Waals surface area contributed by atoms with Gasteiger partial charge in [0.2, 0.25) is 5.91 Å². The maximum Gasteiger partial charge on any atom is 0.327 e. The van der Waals surface area contributed by atoms with Crippen LogP contribution in [0.1, 0.15) is 46.0 Å². The van der Waals surface area contributed by atoms with E-state index < -0.39 is 12.0 Å². The zero-order valence-corrected chi connectivity index (χ0v) is 14.7. The highest BCUT2D eigenvalue weighted by Gasteiger charge is 2.52. The van der Waals surface area contributed by atoms with Crippen LogP contribution in [0.3, 0.4) is 0 Å². The van der Waals surface area contributed by atoms with Gasteiger partial charge in [0.1, 0.15) is 6.04 Å². The van der Waals surface area contributed by atoms with Gasteiger partial charge in [-0.15, -0.1) is 11.8 Å². The molecule has 1 aliphatic heterocycles. The average molecular weight is 345 g/mol. The summed E-state index contributed by atoms with van der Waals surface area (Å²) in [6, 6.07) is -0.736. The number of carbonyl (C=O) groups is 3. The fourth-order valence-corrected chi connectivity index (χ4v) is 5.56. The maximum absolute atomic E-state index is 12.9. The molecule has 22 heavy (non-hydrogen) atoms. The van der Waals surface area contributed by atoms with E-state index in [1.54, 1.807) is 23.6 Å². The number of hydrogen-bond donors (Lipinski definition) is 1. The fourth-order valence-electron chi connectivity index (χ4n) is 3.24. The molecule has 1 unspecified atom stereocenters. The van der Waals surface area contributed by atoms with Gasteiger partial charge in [-0.05, 0) is 12.8 Å². The predicted molar refractivity (Wildman–Crippen MR) is 88.8 cm³/mol. The summed E-state index contributed by atoms with van der Waals surface area (Å²) in [5.74, 6) is -0.498. The first kappa shape index (κ1) is 17.7. The number of rotatable bonds is 4. The van der Waals surface area contributed by atoms with Gasteiger partial charge in [-0.25, -0.2) is 4.79 Å². The number of carbonyl (C=O) groups excluding carboxylic acids is 2. The summed E-state index contributed by atoms with van der Waals surface area (Å²) in [5, 5.41) is 9.46. The minimum Gasteiger partial charge on any atom is -0.480 e. The van der Waals surface area contributed by atoms with Crippen LogP contribution in [0.4, 0.5) is 0 Å². The van der Waals surface area contributed by atoms with Gasteiger partial charge >= 0.3 is 5.97 Å². The van der Waals surface area contributed by atoms with Crippen molar-refractivity contribution in [2.75, 3.05) is 11.5 Å². The minimum atomic E-state index is -0.922. The number of carboxylic acid groups (broad SMARTS) is 1. The van der Waals surface area contributed by atoms with E-state index in [1.807, 2.05) is 0 Å². The van der Waals surface area contributed by atoms with Crippen molar-refractivity contribution < 1.29 is 19.5 Å². The summed E-state index contributed by atoms with van der Waals surface area (Å²) in [7, 11) is 0. The van der Waals surface area contributed by atoms with E-state index in [2.05, 4.69) is 0 Å². The van der Waals surface area contributed by atoms with Crippen LogP contribution < -0.4 is 0 Å². The highest BCUT2D eigenvalue weighted by atomic mass is 32.2. The Hall–Kier alpha value is -0.690. The van der Waals surface area contributed by atoms with E-state index in [4.69, 9.17) is 0 Å². The molecule has 0 aromatic rings. The van der Waals surface area contributed by atoms with Crippen molar-refractivity contribution in [3.05, 3.63) is 0 Å². The molecule has 1 amide bonds. The second kappa shape index (κ2) is 7.25. The number of amides is 1. The number of aliphatic carboxylic acids is 1. The number of thioether (sulfide) groups is 2. The van der Waals surface area contributed by atoms with Gasteiger partial charge in [0.25, 0.3) is 0 Å². The monoisotopic (exact) mass is 345 g/mol. The van der Waals surface area contributed by atoms with Gasteiger partial charge in [0.15, 0.2) is 5.12 Å². The molecule has 2 rings (SSSR count). The molecule has 2 fully saturated rings. The van der Waals surface area contributed by atoms with Crippen molar-refractivity contribution in [1.29, 1.82) is 0 Å². The molecule has 2 aliphatic rings.